The zero-order chi connectivity index (χ0) is 14.8. The first kappa shape index (κ1) is 15.2. The van der Waals surface area contributed by atoms with E-state index < -0.39 is 15.8 Å². The minimum absolute atomic E-state index is 0.0977. The molecule has 5 nitrogen and oxygen atoms in total. The lowest BCUT2D eigenvalue weighted by atomic mass is 10.2. The molecular formula is C13H19FN2O3S. The molecule has 1 fully saturated rings. The standard InChI is InChI=1S/C13H19FN2O3S/c1-2-16(9-10-5-4-8-19-10)20(17,18)12-7-3-6-11(14)13(12)15/h3,6-7,10H,2,4-5,8-9,15H2,1H3. The summed E-state index contributed by atoms with van der Waals surface area (Å²) in [7, 11) is -3.80. The van der Waals surface area contributed by atoms with E-state index in [0.29, 0.717) is 6.61 Å². The Kier molecular flexibility index (Phi) is 4.62. The molecule has 0 amide bonds. The van der Waals surface area contributed by atoms with E-state index in [0.717, 1.165) is 18.9 Å². The van der Waals surface area contributed by atoms with E-state index in [4.69, 9.17) is 10.5 Å². The molecule has 1 atom stereocenters. The van der Waals surface area contributed by atoms with Crippen molar-refractivity contribution in [2.75, 3.05) is 25.4 Å². The Morgan fingerprint density at radius 1 is 1.50 bits per heavy atom. The van der Waals surface area contributed by atoms with Crippen LogP contribution in [0.4, 0.5) is 10.1 Å². The summed E-state index contributed by atoms with van der Waals surface area (Å²) < 4.78 is 45.3. The van der Waals surface area contributed by atoms with Gasteiger partial charge in [0.2, 0.25) is 10.0 Å². The fourth-order valence-corrected chi connectivity index (χ4v) is 3.90. The molecule has 0 bridgehead atoms. The number of hydrogen-bond donors (Lipinski definition) is 1. The first-order chi connectivity index (χ1) is 9.46. The fraction of sp³-hybridized carbons (Fsp3) is 0.538. The molecule has 0 saturated carbocycles. The van der Waals surface area contributed by atoms with Crippen molar-refractivity contribution < 1.29 is 17.5 Å². The Labute approximate surface area is 118 Å². The van der Waals surface area contributed by atoms with Crippen molar-refractivity contribution in [3.63, 3.8) is 0 Å². The Bertz CT molecular complexity index is 571. The van der Waals surface area contributed by atoms with Gasteiger partial charge in [0, 0.05) is 19.7 Å². The number of halogens is 1. The van der Waals surface area contributed by atoms with Gasteiger partial charge >= 0.3 is 0 Å². The molecule has 1 aromatic carbocycles. The van der Waals surface area contributed by atoms with Crippen LogP contribution in [0, 0.1) is 5.82 Å². The molecule has 20 heavy (non-hydrogen) atoms. The monoisotopic (exact) mass is 302 g/mol. The highest BCUT2D eigenvalue weighted by molar-refractivity contribution is 7.89. The summed E-state index contributed by atoms with van der Waals surface area (Å²) >= 11 is 0. The summed E-state index contributed by atoms with van der Waals surface area (Å²) in [5, 5.41) is 0. The van der Waals surface area contributed by atoms with Crippen molar-refractivity contribution in [1.29, 1.82) is 0 Å². The van der Waals surface area contributed by atoms with Crippen LogP contribution in [0.25, 0.3) is 0 Å². The normalized spacial score (nSPS) is 19.6. The quantitative estimate of drug-likeness (QED) is 0.839. The zero-order valence-electron chi connectivity index (χ0n) is 11.4. The van der Waals surface area contributed by atoms with Gasteiger partial charge in [-0.15, -0.1) is 0 Å². The third kappa shape index (κ3) is 2.94. The summed E-state index contributed by atoms with van der Waals surface area (Å²) in [6.07, 6.45) is 1.68. The summed E-state index contributed by atoms with van der Waals surface area (Å²) in [6, 6.07) is 3.81. The molecule has 1 heterocycles. The van der Waals surface area contributed by atoms with E-state index in [1.54, 1.807) is 6.92 Å². The predicted octanol–water partition coefficient (Wildman–Crippen LogP) is 1.60. The second-order valence-corrected chi connectivity index (χ2v) is 6.65. The fourth-order valence-electron chi connectivity index (χ4n) is 2.29. The number of hydrogen-bond acceptors (Lipinski definition) is 4. The molecular weight excluding hydrogens is 283 g/mol. The van der Waals surface area contributed by atoms with Crippen molar-refractivity contribution in [1.82, 2.24) is 4.31 Å². The zero-order valence-corrected chi connectivity index (χ0v) is 12.2. The maximum absolute atomic E-state index is 13.4. The molecule has 0 aromatic heterocycles. The van der Waals surface area contributed by atoms with Crippen molar-refractivity contribution in [2.24, 2.45) is 0 Å². The van der Waals surface area contributed by atoms with Gasteiger partial charge in [-0.1, -0.05) is 13.0 Å². The minimum atomic E-state index is -3.80. The highest BCUT2D eigenvalue weighted by atomic mass is 32.2. The third-order valence-corrected chi connectivity index (χ3v) is 5.41. The average molecular weight is 302 g/mol. The third-order valence-electron chi connectivity index (χ3n) is 3.41. The smallest absolute Gasteiger partial charge is 0.245 e. The van der Waals surface area contributed by atoms with E-state index in [9.17, 15) is 12.8 Å². The minimum Gasteiger partial charge on any atom is -0.395 e. The van der Waals surface area contributed by atoms with Gasteiger partial charge in [0.25, 0.3) is 0 Å². The van der Waals surface area contributed by atoms with E-state index in [-0.39, 0.29) is 29.8 Å². The van der Waals surface area contributed by atoms with Gasteiger partial charge in [-0.25, -0.2) is 12.8 Å². The average Bonchev–Trinajstić information content (AvgIpc) is 2.91. The predicted molar refractivity (Wildman–Crippen MR) is 74.2 cm³/mol. The number of rotatable bonds is 5. The number of nitrogens with two attached hydrogens (primary N) is 1. The van der Waals surface area contributed by atoms with Gasteiger partial charge < -0.3 is 10.5 Å². The van der Waals surface area contributed by atoms with Gasteiger partial charge in [0.05, 0.1) is 11.8 Å². The Balaban J connectivity index is 2.28. The van der Waals surface area contributed by atoms with Crippen LogP contribution in [0.3, 0.4) is 0 Å². The number of ether oxygens (including phenoxy) is 1. The number of likely N-dealkylation sites (N-methyl/N-ethyl adjacent to an activating group) is 1. The second kappa shape index (κ2) is 6.07. The van der Waals surface area contributed by atoms with E-state index in [1.807, 2.05) is 0 Å². The molecule has 7 heteroatoms. The summed E-state index contributed by atoms with van der Waals surface area (Å²) in [6.45, 7) is 2.96. The van der Waals surface area contributed by atoms with Gasteiger partial charge in [-0.3, -0.25) is 0 Å². The maximum Gasteiger partial charge on any atom is 0.245 e. The lowest BCUT2D eigenvalue weighted by Gasteiger charge is -2.24. The molecule has 1 aliphatic rings. The van der Waals surface area contributed by atoms with Crippen LogP contribution in [0.2, 0.25) is 0 Å². The Hall–Kier alpha value is -1.18. The number of para-hydroxylation sites is 1. The largest absolute Gasteiger partial charge is 0.395 e. The van der Waals surface area contributed by atoms with E-state index >= 15 is 0 Å². The summed E-state index contributed by atoms with van der Waals surface area (Å²) in [4.78, 5) is -0.183. The van der Waals surface area contributed by atoms with Crippen molar-refractivity contribution in [3.05, 3.63) is 24.0 Å². The first-order valence-corrected chi connectivity index (χ1v) is 8.06. The van der Waals surface area contributed by atoms with Crippen molar-refractivity contribution in [2.45, 2.75) is 30.8 Å². The van der Waals surface area contributed by atoms with Gasteiger partial charge in [0.1, 0.15) is 10.7 Å². The molecule has 2 rings (SSSR count). The lowest BCUT2D eigenvalue weighted by molar-refractivity contribution is 0.0947. The maximum atomic E-state index is 13.4. The van der Waals surface area contributed by atoms with E-state index in [1.165, 1.54) is 16.4 Å². The lowest BCUT2D eigenvalue weighted by Crippen LogP contribution is -2.37. The molecule has 1 saturated heterocycles. The van der Waals surface area contributed by atoms with E-state index in [2.05, 4.69) is 0 Å². The van der Waals surface area contributed by atoms with Crippen LogP contribution in [0.5, 0.6) is 0 Å². The topological polar surface area (TPSA) is 72.6 Å². The molecule has 0 radical (unpaired) electrons. The SMILES string of the molecule is CCN(CC1CCCO1)S(=O)(=O)c1cccc(F)c1N. The molecule has 112 valence electrons. The summed E-state index contributed by atoms with van der Waals surface area (Å²) in [5.41, 5.74) is 5.22. The molecule has 1 aromatic rings. The number of anilines is 1. The molecule has 2 N–H and O–H groups in total. The molecule has 1 unspecified atom stereocenters. The number of benzene rings is 1. The molecule has 0 aliphatic carbocycles. The number of sulfonamides is 1. The van der Waals surface area contributed by atoms with Gasteiger partial charge in [-0.05, 0) is 25.0 Å². The second-order valence-electron chi connectivity index (χ2n) is 4.74. The molecule has 1 aliphatic heterocycles. The van der Waals surface area contributed by atoms with Gasteiger partial charge in [-0.2, -0.15) is 4.31 Å². The summed E-state index contributed by atoms with van der Waals surface area (Å²) in [5.74, 6) is -0.723. The van der Waals surface area contributed by atoms with Crippen LogP contribution in [0.1, 0.15) is 19.8 Å². The van der Waals surface area contributed by atoms with Gasteiger partial charge in [0.15, 0.2) is 0 Å². The van der Waals surface area contributed by atoms with Crippen LogP contribution in [-0.2, 0) is 14.8 Å². The van der Waals surface area contributed by atoms with Crippen LogP contribution in [-0.4, -0.2) is 38.5 Å². The highest BCUT2D eigenvalue weighted by Gasteiger charge is 2.29. The van der Waals surface area contributed by atoms with Crippen LogP contribution < -0.4 is 5.73 Å². The highest BCUT2D eigenvalue weighted by Crippen LogP contribution is 2.25. The first-order valence-electron chi connectivity index (χ1n) is 6.62. The van der Waals surface area contributed by atoms with Crippen molar-refractivity contribution >= 4 is 15.7 Å². The Morgan fingerprint density at radius 2 is 2.25 bits per heavy atom. The Morgan fingerprint density at radius 3 is 2.85 bits per heavy atom. The van der Waals surface area contributed by atoms with Crippen molar-refractivity contribution in [3.8, 4) is 0 Å². The molecule has 0 spiro atoms. The van der Waals surface area contributed by atoms with Crippen LogP contribution in [0.15, 0.2) is 23.1 Å². The van der Waals surface area contributed by atoms with Crippen LogP contribution >= 0.6 is 0 Å². The number of nitrogen functional groups attached to an aromatic ring is 1. The number of nitrogens with zero attached hydrogens (tertiary/aromatic N) is 1.